The van der Waals surface area contributed by atoms with E-state index >= 15 is 0 Å². The Morgan fingerprint density at radius 3 is 2.60 bits per heavy atom. The number of hydrogen-bond acceptors (Lipinski definition) is 5. The number of imidazole rings is 1. The molecule has 2 aromatic heterocycles. The molecule has 0 atom stereocenters. The molecule has 2 aliphatic heterocycles. The van der Waals surface area contributed by atoms with Gasteiger partial charge in [0.2, 0.25) is 5.91 Å². The summed E-state index contributed by atoms with van der Waals surface area (Å²) in [6.07, 6.45) is 4.56. The first-order valence-corrected chi connectivity index (χ1v) is 8.68. The number of ether oxygens (including phenoxy) is 1. The molecule has 0 bridgehead atoms. The summed E-state index contributed by atoms with van der Waals surface area (Å²) in [4.78, 5) is 40.3. The molecular formula is C17H21N5O3. The number of aromatic nitrogens is 3. The summed E-state index contributed by atoms with van der Waals surface area (Å²) in [5.41, 5.74) is 1.79. The highest BCUT2D eigenvalue weighted by Crippen LogP contribution is 2.23. The van der Waals surface area contributed by atoms with Gasteiger partial charge in [0.15, 0.2) is 5.65 Å². The first kappa shape index (κ1) is 16.0. The van der Waals surface area contributed by atoms with E-state index in [1.165, 1.54) is 0 Å². The molecule has 132 valence electrons. The number of pyridine rings is 1. The molecule has 0 unspecified atom stereocenters. The zero-order valence-corrected chi connectivity index (χ0v) is 14.0. The molecule has 4 rings (SSSR count). The van der Waals surface area contributed by atoms with E-state index < -0.39 is 0 Å². The molecule has 0 aromatic carbocycles. The van der Waals surface area contributed by atoms with Crippen molar-refractivity contribution in [1.29, 1.82) is 0 Å². The third-order valence-electron chi connectivity index (χ3n) is 5.01. The van der Waals surface area contributed by atoms with Crippen LogP contribution in [0.15, 0.2) is 18.6 Å². The number of fused-ring (bicyclic) bond motifs is 1. The third kappa shape index (κ3) is 3.09. The van der Waals surface area contributed by atoms with E-state index in [1.54, 1.807) is 18.6 Å². The van der Waals surface area contributed by atoms with Crippen molar-refractivity contribution < 1.29 is 14.3 Å². The van der Waals surface area contributed by atoms with Gasteiger partial charge in [-0.3, -0.25) is 9.59 Å². The van der Waals surface area contributed by atoms with E-state index in [1.807, 2.05) is 9.80 Å². The van der Waals surface area contributed by atoms with Gasteiger partial charge in [-0.1, -0.05) is 0 Å². The summed E-state index contributed by atoms with van der Waals surface area (Å²) < 4.78 is 5.30. The number of rotatable bonds is 2. The molecule has 2 saturated heterocycles. The number of nitrogens with one attached hydrogen (secondary N) is 1. The first-order chi connectivity index (χ1) is 12.2. The van der Waals surface area contributed by atoms with Crippen LogP contribution in [0.3, 0.4) is 0 Å². The molecular weight excluding hydrogens is 322 g/mol. The van der Waals surface area contributed by atoms with Crippen LogP contribution in [0.5, 0.6) is 0 Å². The fraction of sp³-hybridized carbons (Fsp3) is 0.529. The molecule has 0 saturated carbocycles. The molecule has 2 amide bonds. The molecule has 8 nitrogen and oxygen atoms in total. The topological polar surface area (TPSA) is 91.4 Å². The fourth-order valence-electron chi connectivity index (χ4n) is 3.57. The minimum absolute atomic E-state index is 0.00626. The standard InChI is InChI=1S/C17H21N5O3/c23-16(22-7-9-25-10-8-22)12-2-5-21(6-3-12)17(24)13-1-4-18-15-14(13)19-11-20-15/h1,4,11-12H,2-3,5-10H2,(H,18,19,20). The van der Waals surface area contributed by atoms with E-state index in [9.17, 15) is 9.59 Å². The lowest BCUT2D eigenvalue weighted by molar-refractivity contribution is -0.141. The van der Waals surface area contributed by atoms with Gasteiger partial charge in [-0.25, -0.2) is 9.97 Å². The number of nitrogens with zero attached hydrogens (tertiary/aromatic N) is 4. The average Bonchev–Trinajstić information content (AvgIpc) is 3.16. The second-order valence-electron chi connectivity index (χ2n) is 6.46. The summed E-state index contributed by atoms with van der Waals surface area (Å²) in [6.45, 7) is 3.77. The normalized spacial score (nSPS) is 19.4. The highest BCUT2D eigenvalue weighted by Gasteiger charge is 2.31. The minimum Gasteiger partial charge on any atom is -0.378 e. The van der Waals surface area contributed by atoms with Crippen LogP contribution in [-0.2, 0) is 9.53 Å². The van der Waals surface area contributed by atoms with Crippen LogP contribution < -0.4 is 0 Å². The molecule has 4 heterocycles. The lowest BCUT2D eigenvalue weighted by atomic mass is 9.94. The Labute approximate surface area is 145 Å². The van der Waals surface area contributed by atoms with Gasteiger partial charge in [0.25, 0.3) is 5.91 Å². The number of amides is 2. The Kier molecular flexibility index (Phi) is 4.35. The second-order valence-corrected chi connectivity index (χ2v) is 6.46. The largest absolute Gasteiger partial charge is 0.378 e. The molecule has 2 aromatic rings. The fourth-order valence-corrected chi connectivity index (χ4v) is 3.57. The number of aromatic amines is 1. The SMILES string of the molecule is O=C(c1ccnc2nc[nH]c12)N1CCC(C(=O)N2CCOCC2)CC1. The first-order valence-electron chi connectivity index (χ1n) is 8.68. The molecule has 25 heavy (non-hydrogen) atoms. The second kappa shape index (κ2) is 6.79. The number of carbonyl (C=O) groups is 2. The average molecular weight is 343 g/mol. The van der Waals surface area contributed by atoms with Gasteiger partial charge in [-0.15, -0.1) is 0 Å². The number of carbonyl (C=O) groups excluding carboxylic acids is 2. The van der Waals surface area contributed by atoms with Gasteiger partial charge >= 0.3 is 0 Å². The van der Waals surface area contributed by atoms with Crippen molar-refractivity contribution in [1.82, 2.24) is 24.8 Å². The van der Waals surface area contributed by atoms with Gasteiger partial charge in [0.1, 0.15) is 0 Å². The maximum absolute atomic E-state index is 12.8. The Balaban J connectivity index is 1.40. The Hall–Kier alpha value is -2.48. The summed E-state index contributed by atoms with van der Waals surface area (Å²) in [5.74, 6) is 0.177. The van der Waals surface area contributed by atoms with Gasteiger partial charge in [0, 0.05) is 38.3 Å². The van der Waals surface area contributed by atoms with Crippen LogP contribution in [0, 0.1) is 5.92 Å². The quantitative estimate of drug-likeness (QED) is 0.865. The van der Waals surface area contributed by atoms with Crippen LogP contribution in [0.2, 0.25) is 0 Å². The van der Waals surface area contributed by atoms with E-state index in [0.29, 0.717) is 69.0 Å². The Bertz CT molecular complexity index is 775. The van der Waals surface area contributed by atoms with Crippen molar-refractivity contribution in [2.75, 3.05) is 39.4 Å². The van der Waals surface area contributed by atoms with Gasteiger partial charge < -0.3 is 19.5 Å². The van der Waals surface area contributed by atoms with Crippen LogP contribution in [-0.4, -0.2) is 76.0 Å². The smallest absolute Gasteiger partial charge is 0.256 e. The number of H-pyrrole nitrogens is 1. The molecule has 2 fully saturated rings. The summed E-state index contributed by atoms with van der Waals surface area (Å²) in [5, 5.41) is 0. The Morgan fingerprint density at radius 1 is 1.08 bits per heavy atom. The van der Waals surface area contributed by atoms with Crippen LogP contribution in [0.4, 0.5) is 0 Å². The number of hydrogen-bond donors (Lipinski definition) is 1. The molecule has 0 radical (unpaired) electrons. The molecule has 2 aliphatic rings. The van der Waals surface area contributed by atoms with Crippen molar-refractivity contribution in [2.24, 2.45) is 5.92 Å². The zero-order chi connectivity index (χ0) is 17.2. The number of piperidine rings is 1. The van der Waals surface area contributed by atoms with Crippen molar-refractivity contribution >= 4 is 23.0 Å². The highest BCUT2D eigenvalue weighted by atomic mass is 16.5. The summed E-state index contributed by atoms with van der Waals surface area (Å²) in [6, 6.07) is 1.72. The van der Waals surface area contributed by atoms with Crippen LogP contribution in [0.25, 0.3) is 11.2 Å². The molecule has 8 heteroatoms. The molecule has 0 aliphatic carbocycles. The van der Waals surface area contributed by atoms with E-state index in [4.69, 9.17) is 4.74 Å². The third-order valence-corrected chi connectivity index (χ3v) is 5.01. The Morgan fingerprint density at radius 2 is 1.84 bits per heavy atom. The monoisotopic (exact) mass is 343 g/mol. The van der Waals surface area contributed by atoms with Crippen molar-refractivity contribution in [3.05, 3.63) is 24.2 Å². The van der Waals surface area contributed by atoms with Crippen molar-refractivity contribution in [3.8, 4) is 0 Å². The van der Waals surface area contributed by atoms with Crippen molar-refractivity contribution in [3.63, 3.8) is 0 Å². The van der Waals surface area contributed by atoms with E-state index in [0.717, 1.165) is 0 Å². The lowest BCUT2D eigenvalue weighted by Crippen LogP contribution is -2.47. The lowest BCUT2D eigenvalue weighted by Gasteiger charge is -2.35. The predicted octanol–water partition coefficient (Wildman–Crippen LogP) is 0.669. The van der Waals surface area contributed by atoms with E-state index in [-0.39, 0.29) is 17.7 Å². The van der Waals surface area contributed by atoms with Gasteiger partial charge in [0.05, 0.1) is 30.6 Å². The summed E-state index contributed by atoms with van der Waals surface area (Å²) in [7, 11) is 0. The van der Waals surface area contributed by atoms with Gasteiger partial charge in [-0.05, 0) is 18.9 Å². The van der Waals surface area contributed by atoms with Gasteiger partial charge in [-0.2, -0.15) is 0 Å². The molecule has 1 N–H and O–H groups in total. The predicted molar refractivity (Wildman–Crippen MR) is 89.9 cm³/mol. The van der Waals surface area contributed by atoms with Crippen LogP contribution >= 0.6 is 0 Å². The number of likely N-dealkylation sites (tertiary alicyclic amines) is 1. The van der Waals surface area contributed by atoms with E-state index in [2.05, 4.69) is 15.0 Å². The highest BCUT2D eigenvalue weighted by molar-refractivity contribution is 6.03. The van der Waals surface area contributed by atoms with Crippen molar-refractivity contribution in [2.45, 2.75) is 12.8 Å². The maximum Gasteiger partial charge on any atom is 0.256 e. The maximum atomic E-state index is 12.8. The number of morpholine rings is 1. The summed E-state index contributed by atoms with van der Waals surface area (Å²) >= 11 is 0. The minimum atomic E-state index is -0.0334. The zero-order valence-electron chi connectivity index (χ0n) is 14.0. The van der Waals surface area contributed by atoms with Crippen LogP contribution in [0.1, 0.15) is 23.2 Å². The molecule has 0 spiro atoms.